The van der Waals surface area contributed by atoms with Crippen LogP contribution in [0.3, 0.4) is 0 Å². The van der Waals surface area contributed by atoms with Crippen LogP contribution in [0.5, 0.6) is 0 Å². The summed E-state index contributed by atoms with van der Waals surface area (Å²) in [6, 6.07) is 1.01. The maximum Gasteiger partial charge on any atom is 0.229 e. The Bertz CT molecular complexity index is 383. The Hall–Kier alpha value is -0.940. The van der Waals surface area contributed by atoms with E-state index in [1.807, 2.05) is 0 Å². The molecule has 0 aromatic carbocycles. The van der Waals surface area contributed by atoms with Crippen molar-refractivity contribution >= 4 is 0 Å². The third-order valence-electron chi connectivity index (χ3n) is 3.99. The van der Waals surface area contributed by atoms with Crippen molar-refractivity contribution in [3.63, 3.8) is 0 Å². The second-order valence-electron chi connectivity index (χ2n) is 5.84. The third-order valence-corrected chi connectivity index (χ3v) is 3.99. The minimum absolute atomic E-state index is 0.295. The Balaban J connectivity index is 1.94. The van der Waals surface area contributed by atoms with Gasteiger partial charge in [-0.25, -0.2) is 0 Å². The molecule has 1 aliphatic rings. The van der Waals surface area contributed by atoms with Gasteiger partial charge in [0.15, 0.2) is 5.82 Å². The lowest BCUT2D eigenvalue weighted by Crippen LogP contribution is -2.40. The number of hydrogen-bond acceptors (Lipinski definition) is 5. The van der Waals surface area contributed by atoms with Crippen molar-refractivity contribution in [3.05, 3.63) is 11.7 Å². The van der Waals surface area contributed by atoms with Gasteiger partial charge in [-0.15, -0.1) is 0 Å². The molecule has 1 aromatic rings. The largest absolute Gasteiger partial charge is 0.339 e. The van der Waals surface area contributed by atoms with Crippen LogP contribution in [0, 0.1) is 0 Å². The molecule has 0 spiro atoms. The first-order valence-corrected chi connectivity index (χ1v) is 7.42. The molecule has 0 saturated heterocycles. The molecule has 2 rings (SSSR count). The summed E-state index contributed by atoms with van der Waals surface area (Å²) < 4.78 is 5.27. The molecule has 1 aliphatic carbocycles. The standard InChI is InChI=1S/C14H26N4O/c1-4-18(12-7-5-11(15)6-8-12)9-13-16-14(10(2)3)19-17-13/h10-12H,4-9,15H2,1-3H3. The molecule has 0 amide bonds. The summed E-state index contributed by atoms with van der Waals surface area (Å²) in [6.07, 6.45) is 4.63. The van der Waals surface area contributed by atoms with Crippen molar-refractivity contribution in [2.24, 2.45) is 5.73 Å². The van der Waals surface area contributed by atoms with Gasteiger partial charge in [0.05, 0.1) is 6.54 Å². The molecule has 19 heavy (non-hydrogen) atoms. The van der Waals surface area contributed by atoms with Crippen molar-refractivity contribution in [1.29, 1.82) is 0 Å². The van der Waals surface area contributed by atoms with Crippen LogP contribution in [0.1, 0.15) is 64.1 Å². The van der Waals surface area contributed by atoms with Gasteiger partial charge in [-0.05, 0) is 32.2 Å². The Labute approximate surface area is 115 Å². The fraction of sp³-hybridized carbons (Fsp3) is 0.857. The van der Waals surface area contributed by atoms with E-state index in [1.54, 1.807) is 0 Å². The zero-order valence-corrected chi connectivity index (χ0v) is 12.3. The molecule has 0 aliphatic heterocycles. The van der Waals surface area contributed by atoms with E-state index in [-0.39, 0.29) is 0 Å². The predicted molar refractivity (Wildman–Crippen MR) is 74.7 cm³/mol. The summed E-state index contributed by atoms with van der Waals surface area (Å²) in [6.45, 7) is 8.13. The second kappa shape index (κ2) is 6.48. The van der Waals surface area contributed by atoms with Crippen LogP contribution in [-0.2, 0) is 6.54 Å². The summed E-state index contributed by atoms with van der Waals surface area (Å²) in [4.78, 5) is 6.91. The minimum Gasteiger partial charge on any atom is -0.339 e. The van der Waals surface area contributed by atoms with Gasteiger partial charge in [0, 0.05) is 18.0 Å². The highest BCUT2D eigenvalue weighted by Gasteiger charge is 2.24. The molecule has 0 unspecified atom stereocenters. The first-order chi connectivity index (χ1) is 9.10. The highest BCUT2D eigenvalue weighted by atomic mass is 16.5. The van der Waals surface area contributed by atoms with Crippen LogP contribution in [0.25, 0.3) is 0 Å². The van der Waals surface area contributed by atoms with Gasteiger partial charge in [-0.2, -0.15) is 4.98 Å². The van der Waals surface area contributed by atoms with Crippen LogP contribution in [0.15, 0.2) is 4.52 Å². The molecule has 1 aromatic heterocycles. The van der Waals surface area contributed by atoms with Crippen molar-refractivity contribution in [3.8, 4) is 0 Å². The van der Waals surface area contributed by atoms with E-state index in [0.717, 1.165) is 37.6 Å². The molecule has 0 bridgehead atoms. The first kappa shape index (κ1) is 14.5. The molecule has 5 nitrogen and oxygen atoms in total. The number of nitrogens with two attached hydrogens (primary N) is 1. The number of nitrogens with zero attached hydrogens (tertiary/aromatic N) is 3. The maximum absolute atomic E-state index is 5.97. The molecular formula is C14H26N4O. The van der Waals surface area contributed by atoms with E-state index < -0.39 is 0 Å². The molecule has 108 valence electrons. The van der Waals surface area contributed by atoms with Gasteiger partial charge < -0.3 is 10.3 Å². The average Bonchev–Trinajstić information content (AvgIpc) is 2.86. The molecular weight excluding hydrogens is 240 g/mol. The molecule has 0 radical (unpaired) electrons. The fourth-order valence-electron chi connectivity index (χ4n) is 2.71. The normalized spacial score (nSPS) is 24.3. The number of aromatic nitrogens is 2. The second-order valence-corrected chi connectivity index (χ2v) is 5.84. The van der Waals surface area contributed by atoms with Gasteiger partial charge in [0.1, 0.15) is 0 Å². The van der Waals surface area contributed by atoms with Gasteiger partial charge in [-0.1, -0.05) is 25.9 Å². The van der Waals surface area contributed by atoms with Crippen LogP contribution in [0.2, 0.25) is 0 Å². The lowest BCUT2D eigenvalue weighted by Gasteiger charge is -2.34. The van der Waals surface area contributed by atoms with E-state index >= 15 is 0 Å². The quantitative estimate of drug-likeness (QED) is 0.885. The highest BCUT2D eigenvalue weighted by molar-refractivity contribution is 4.92. The monoisotopic (exact) mass is 266 g/mol. The van der Waals surface area contributed by atoms with Crippen LogP contribution in [0.4, 0.5) is 0 Å². The van der Waals surface area contributed by atoms with Gasteiger partial charge in [0.2, 0.25) is 5.89 Å². The molecule has 1 saturated carbocycles. The first-order valence-electron chi connectivity index (χ1n) is 7.42. The van der Waals surface area contributed by atoms with Crippen LogP contribution >= 0.6 is 0 Å². The smallest absolute Gasteiger partial charge is 0.229 e. The lowest BCUT2D eigenvalue weighted by atomic mass is 9.91. The van der Waals surface area contributed by atoms with Crippen LogP contribution < -0.4 is 5.73 Å². The third kappa shape index (κ3) is 3.76. The molecule has 0 atom stereocenters. The average molecular weight is 266 g/mol. The van der Waals surface area contributed by atoms with Gasteiger partial charge in [-0.3, -0.25) is 4.90 Å². The van der Waals surface area contributed by atoms with E-state index in [9.17, 15) is 0 Å². The maximum atomic E-state index is 5.97. The summed E-state index contributed by atoms with van der Waals surface area (Å²) >= 11 is 0. The minimum atomic E-state index is 0.295. The topological polar surface area (TPSA) is 68.2 Å². The predicted octanol–water partition coefficient (Wildman–Crippen LogP) is 2.28. The van der Waals surface area contributed by atoms with E-state index in [1.165, 1.54) is 12.8 Å². The Kier molecular flexibility index (Phi) is 4.93. The van der Waals surface area contributed by atoms with E-state index in [4.69, 9.17) is 10.3 Å². The highest BCUT2D eigenvalue weighted by Crippen LogP contribution is 2.23. The Morgan fingerprint density at radius 1 is 1.32 bits per heavy atom. The summed E-state index contributed by atoms with van der Waals surface area (Å²) in [5.41, 5.74) is 5.97. The SMILES string of the molecule is CCN(Cc1noc(C(C)C)n1)C1CCC(N)CC1. The van der Waals surface area contributed by atoms with E-state index in [2.05, 4.69) is 35.8 Å². The molecule has 5 heteroatoms. The molecule has 1 heterocycles. The van der Waals surface area contributed by atoms with Crippen molar-refractivity contribution < 1.29 is 4.52 Å². The fourth-order valence-corrected chi connectivity index (χ4v) is 2.71. The molecule has 1 fully saturated rings. The van der Waals surface area contributed by atoms with Crippen molar-refractivity contribution in [1.82, 2.24) is 15.0 Å². The Morgan fingerprint density at radius 3 is 2.53 bits per heavy atom. The zero-order valence-electron chi connectivity index (χ0n) is 12.3. The van der Waals surface area contributed by atoms with Crippen molar-refractivity contribution in [2.75, 3.05) is 6.54 Å². The van der Waals surface area contributed by atoms with E-state index in [0.29, 0.717) is 18.0 Å². The lowest BCUT2D eigenvalue weighted by molar-refractivity contribution is 0.144. The summed E-state index contributed by atoms with van der Waals surface area (Å²) in [7, 11) is 0. The van der Waals surface area contributed by atoms with Crippen LogP contribution in [-0.4, -0.2) is 33.7 Å². The summed E-state index contributed by atoms with van der Waals surface area (Å²) in [5.74, 6) is 1.83. The molecule has 2 N–H and O–H groups in total. The summed E-state index contributed by atoms with van der Waals surface area (Å²) in [5, 5.41) is 4.08. The van der Waals surface area contributed by atoms with Crippen molar-refractivity contribution in [2.45, 2.75) is 71.0 Å². The Morgan fingerprint density at radius 2 is 2.00 bits per heavy atom. The number of hydrogen-bond donors (Lipinski definition) is 1. The van der Waals surface area contributed by atoms with Gasteiger partial charge in [0.25, 0.3) is 0 Å². The number of rotatable bonds is 5. The zero-order chi connectivity index (χ0) is 13.8. The van der Waals surface area contributed by atoms with Gasteiger partial charge >= 0.3 is 0 Å².